The van der Waals surface area contributed by atoms with E-state index in [9.17, 15) is 4.79 Å². The van der Waals surface area contributed by atoms with Crippen molar-refractivity contribution in [2.24, 2.45) is 17.3 Å². The van der Waals surface area contributed by atoms with E-state index < -0.39 is 6.16 Å². The second kappa shape index (κ2) is 3.64. The van der Waals surface area contributed by atoms with E-state index in [1.54, 1.807) is 0 Å². The van der Waals surface area contributed by atoms with E-state index in [4.69, 9.17) is 9.47 Å². The van der Waals surface area contributed by atoms with Crippen LogP contribution in [0.4, 0.5) is 4.79 Å². The van der Waals surface area contributed by atoms with Crippen molar-refractivity contribution in [3.05, 3.63) is 0 Å². The molecule has 1 saturated carbocycles. The van der Waals surface area contributed by atoms with Crippen LogP contribution in [0.3, 0.4) is 0 Å². The van der Waals surface area contributed by atoms with Crippen LogP contribution in [0.15, 0.2) is 0 Å². The Kier molecular flexibility index (Phi) is 2.67. The van der Waals surface area contributed by atoms with E-state index in [1.165, 1.54) is 6.42 Å². The molecule has 3 unspecified atom stereocenters. The van der Waals surface area contributed by atoms with Crippen molar-refractivity contribution in [1.82, 2.24) is 0 Å². The summed E-state index contributed by atoms with van der Waals surface area (Å²) in [5.74, 6) is 1.02. The van der Waals surface area contributed by atoms with Gasteiger partial charge in [0.2, 0.25) is 0 Å². The lowest BCUT2D eigenvalue weighted by Gasteiger charge is -2.54. The smallest absolute Gasteiger partial charge is 0.434 e. The minimum absolute atomic E-state index is 0.183. The van der Waals surface area contributed by atoms with E-state index in [-0.39, 0.29) is 11.0 Å². The van der Waals surface area contributed by atoms with Gasteiger partial charge in [-0.05, 0) is 31.1 Å². The van der Waals surface area contributed by atoms with Crippen LogP contribution in [-0.2, 0) is 9.47 Å². The fraction of sp³-hybridized carbons (Fsp3) is 0.923. The van der Waals surface area contributed by atoms with Crippen LogP contribution in [0.1, 0.15) is 47.0 Å². The second-order valence-electron chi connectivity index (χ2n) is 5.99. The highest BCUT2D eigenvalue weighted by molar-refractivity contribution is 5.61. The van der Waals surface area contributed by atoms with Gasteiger partial charge < -0.3 is 9.47 Å². The first-order chi connectivity index (χ1) is 7.40. The standard InChI is InChI=1S/C13H22O3/c1-5-9-6-7-13(4)10(12(9,2)3)8-15-11(14)16-13/h9-10H,5-8H2,1-4H3. The Hall–Kier alpha value is -0.730. The number of ether oxygens (including phenoxy) is 2. The van der Waals surface area contributed by atoms with E-state index >= 15 is 0 Å². The summed E-state index contributed by atoms with van der Waals surface area (Å²) in [6, 6.07) is 0. The number of fused-ring (bicyclic) bond motifs is 1. The van der Waals surface area contributed by atoms with E-state index in [0.29, 0.717) is 18.4 Å². The van der Waals surface area contributed by atoms with Crippen LogP contribution in [0.2, 0.25) is 0 Å². The van der Waals surface area contributed by atoms with Crippen LogP contribution < -0.4 is 0 Å². The molecule has 3 nitrogen and oxygen atoms in total. The second-order valence-corrected chi connectivity index (χ2v) is 5.99. The molecule has 0 aromatic heterocycles. The van der Waals surface area contributed by atoms with Crippen molar-refractivity contribution in [1.29, 1.82) is 0 Å². The van der Waals surface area contributed by atoms with Crippen LogP contribution in [0.5, 0.6) is 0 Å². The van der Waals surface area contributed by atoms with Gasteiger partial charge in [0.25, 0.3) is 0 Å². The number of hydrogen-bond donors (Lipinski definition) is 0. The molecule has 1 heterocycles. The summed E-state index contributed by atoms with van der Waals surface area (Å²) in [5, 5.41) is 0. The van der Waals surface area contributed by atoms with Crippen molar-refractivity contribution < 1.29 is 14.3 Å². The predicted octanol–water partition coefficient (Wildman–Crippen LogP) is 3.37. The number of carbonyl (C=O) groups excluding carboxylic acids is 1. The van der Waals surface area contributed by atoms with Crippen molar-refractivity contribution in [3.63, 3.8) is 0 Å². The zero-order valence-corrected chi connectivity index (χ0v) is 10.7. The van der Waals surface area contributed by atoms with Crippen molar-refractivity contribution in [3.8, 4) is 0 Å². The molecule has 0 spiro atoms. The van der Waals surface area contributed by atoms with Crippen LogP contribution >= 0.6 is 0 Å². The molecule has 92 valence electrons. The Labute approximate surface area is 97.5 Å². The lowest BCUT2D eigenvalue weighted by Crippen LogP contribution is -2.58. The molecule has 16 heavy (non-hydrogen) atoms. The average molecular weight is 226 g/mol. The van der Waals surface area contributed by atoms with Gasteiger partial charge in [-0.2, -0.15) is 0 Å². The first kappa shape index (κ1) is 11.7. The zero-order valence-electron chi connectivity index (χ0n) is 10.7. The summed E-state index contributed by atoms with van der Waals surface area (Å²) in [6.07, 6.45) is 2.80. The molecule has 1 aliphatic carbocycles. The maximum absolute atomic E-state index is 11.2. The molecule has 1 saturated heterocycles. The van der Waals surface area contributed by atoms with Gasteiger partial charge in [-0.1, -0.05) is 27.2 Å². The van der Waals surface area contributed by atoms with Crippen LogP contribution in [0.25, 0.3) is 0 Å². The Bertz CT molecular complexity index is 298. The van der Waals surface area contributed by atoms with Crippen molar-refractivity contribution in [2.45, 2.75) is 52.6 Å². The Morgan fingerprint density at radius 2 is 2.06 bits per heavy atom. The van der Waals surface area contributed by atoms with E-state index in [2.05, 4.69) is 27.7 Å². The maximum atomic E-state index is 11.2. The van der Waals surface area contributed by atoms with E-state index in [1.807, 2.05) is 0 Å². The molecular weight excluding hydrogens is 204 g/mol. The monoisotopic (exact) mass is 226 g/mol. The highest BCUT2D eigenvalue weighted by atomic mass is 16.7. The number of cyclic esters (lactones) is 1. The summed E-state index contributed by atoms with van der Waals surface area (Å²) in [5.41, 5.74) is -0.132. The van der Waals surface area contributed by atoms with Crippen LogP contribution in [0, 0.1) is 17.3 Å². The first-order valence-electron chi connectivity index (χ1n) is 6.26. The Balaban J connectivity index is 2.27. The first-order valence-corrected chi connectivity index (χ1v) is 6.26. The third-order valence-electron chi connectivity index (χ3n) is 4.85. The molecule has 2 rings (SSSR count). The summed E-state index contributed by atoms with van der Waals surface area (Å²) in [4.78, 5) is 11.2. The third-order valence-corrected chi connectivity index (χ3v) is 4.85. The van der Waals surface area contributed by atoms with Crippen LogP contribution in [-0.4, -0.2) is 18.4 Å². The number of hydrogen-bond acceptors (Lipinski definition) is 3. The summed E-state index contributed by atoms with van der Waals surface area (Å²) in [6.45, 7) is 9.38. The molecule has 0 N–H and O–H groups in total. The fourth-order valence-electron chi connectivity index (χ4n) is 3.69. The molecule has 0 amide bonds. The highest BCUT2D eigenvalue weighted by Gasteiger charge is 2.55. The van der Waals surface area contributed by atoms with Gasteiger partial charge in [-0.3, -0.25) is 0 Å². The largest absolute Gasteiger partial charge is 0.508 e. The molecule has 1 aliphatic heterocycles. The molecule has 2 aliphatic rings. The number of carbonyl (C=O) groups is 1. The topological polar surface area (TPSA) is 35.5 Å². The minimum atomic E-state index is -0.496. The van der Waals surface area contributed by atoms with Gasteiger partial charge in [0.1, 0.15) is 12.2 Å². The predicted molar refractivity (Wildman–Crippen MR) is 61.1 cm³/mol. The van der Waals surface area contributed by atoms with Gasteiger partial charge >= 0.3 is 6.16 Å². The van der Waals surface area contributed by atoms with Gasteiger partial charge in [0.15, 0.2) is 0 Å². The molecule has 3 atom stereocenters. The van der Waals surface area contributed by atoms with Crippen molar-refractivity contribution in [2.75, 3.05) is 6.61 Å². The summed E-state index contributed by atoms with van der Waals surface area (Å²) in [7, 11) is 0. The Morgan fingerprint density at radius 1 is 1.38 bits per heavy atom. The van der Waals surface area contributed by atoms with Gasteiger partial charge in [-0.25, -0.2) is 4.79 Å². The zero-order chi connectivity index (χ0) is 12.0. The summed E-state index contributed by atoms with van der Waals surface area (Å²) >= 11 is 0. The lowest BCUT2D eigenvalue weighted by molar-refractivity contribution is -0.184. The average Bonchev–Trinajstić information content (AvgIpc) is 2.16. The fourth-order valence-corrected chi connectivity index (χ4v) is 3.69. The summed E-state index contributed by atoms with van der Waals surface area (Å²) < 4.78 is 10.5. The van der Waals surface area contributed by atoms with Gasteiger partial charge in [0.05, 0.1) is 0 Å². The van der Waals surface area contributed by atoms with E-state index in [0.717, 1.165) is 12.8 Å². The molecule has 0 radical (unpaired) electrons. The molecule has 0 bridgehead atoms. The SMILES string of the molecule is CCC1CCC2(C)OC(=O)OCC2C1(C)C. The molecular formula is C13H22O3. The highest BCUT2D eigenvalue weighted by Crippen LogP contribution is 2.53. The quantitative estimate of drug-likeness (QED) is 0.643. The van der Waals surface area contributed by atoms with Gasteiger partial charge in [0, 0.05) is 5.92 Å². The normalized spacial score (nSPS) is 41.9. The number of rotatable bonds is 1. The molecule has 0 aromatic rings. The maximum Gasteiger partial charge on any atom is 0.508 e. The third kappa shape index (κ3) is 1.61. The minimum Gasteiger partial charge on any atom is -0.434 e. The molecule has 0 aromatic carbocycles. The lowest BCUT2D eigenvalue weighted by atomic mass is 9.56. The molecule has 2 fully saturated rings. The molecule has 3 heteroatoms. The van der Waals surface area contributed by atoms with Crippen molar-refractivity contribution >= 4 is 6.16 Å². The Morgan fingerprint density at radius 3 is 2.69 bits per heavy atom. The van der Waals surface area contributed by atoms with Gasteiger partial charge in [-0.15, -0.1) is 0 Å².